The summed E-state index contributed by atoms with van der Waals surface area (Å²) in [6.45, 7) is 4.06. The Hall–Kier alpha value is -1.11. The summed E-state index contributed by atoms with van der Waals surface area (Å²) in [5.74, 6) is -0.0512. The molecule has 0 unspecified atom stereocenters. The molecule has 0 spiro atoms. The van der Waals surface area contributed by atoms with Gasteiger partial charge in [0.15, 0.2) is 5.69 Å². The van der Waals surface area contributed by atoms with Crippen LogP contribution in [0, 0.1) is 0 Å². The largest absolute Gasteiger partial charge is 0.334 e. The van der Waals surface area contributed by atoms with E-state index in [0.717, 1.165) is 44.8 Å². The summed E-state index contributed by atoms with van der Waals surface area (Å²) in [5.41, 5.74) is 1.37. The second-order valence-electron chi connectivity index (χ2n) is 5.62. The van der Waals surface area contributed by atoms with Gasteiger partial charge in [-0.05, 0) is 20.5 Å². The number of carbonyl (C=O) groups is 1. The number of amides is 1. The average Bonchev–Trinajstić information content (AvgIpc) is 2.56. The van der Waals surface area contributed by atoms with Crippen molar-refractivity contribution < 1.29 is 4.79 Å². The molecule has 0 radical (unpaired) electrons. The zero-order valence-electron chi connectivity index (χ0n) is 11.9. The molecule has 0 aliphatic carbocycles. The van der Waals surface area contributed by atoms with Crippen LogP contribution in [0.4, 0.5) is 0 Å². The summed E-state index contributed by atoms with van der Waals surface area (Å²) in [5, 5.41) is 8.13. The molecule has 0 aromatic carbocycles. The maximum absolute atomic E-state index is 12.4. The minimum absolute atomic E-state index is 0.0512. The van der Waals surface area contributed by atoms with Gasteiger partial charge in [-0.2, -0.15) is 5.10 Å². The average molecular weight is 298 g/mol. The number of hydrogen-bond donors (Lipinski definition) is 1. The van der Waals surface area contributed by atoms with Crippen LogP contribution >= 0.6 is 11.6 Å². The molecule has 1 amide bonds. The van der Waals surface area contributed by atoms with Crippen molar-refractivity contribution >= 4 is 17.5 Å². The zero-order chi connectivity index (χ0) is 14.3. The smallest absolute Gasteiger partial charge is 0.276 e. The van der Waals surface area contributed by atoms with Crippen LogP contribution in [0.1, 0.15) is 22.6 Å². The first-order valence-corrected chi connectivity index (χ1v) is 7.38. The summed E-state index contributed by atoms with van der Waals surface area (Å²) < 4.78 is 1.90. The second kappa shape index (κ2) is 5.35. The third-order valence-electron chi connectivity index (χ3n) is 4.10. The Labute approximate surface area is 123 Å². The van der Waals surface area contributed by atoms with Crippen molar-refractivity contribution in [3.8, 4) is 0 Å². The number of likely N-dealkylation sites (tertiary alicyclic amines) is 1. The predicted octanol–water partition coefficient (Wildman–Crippen LogP) is 0.416. The zero-order valence-corrected chi connectivity index (χ0v) is 12.7. The fraction of sp³-hybridized carbons (Fsp3) is 0.692. The van der Waals surface area contributed by atoms with E-state index in [4.69, 9.17) is 11.6 Å². The Kier molecular flexibility index (Phi) is 3.70. The molecule has 1 aromatic heterocycles. The standard InChI is InChI=1S/C13H20ClN5O/c1-15-9-6-18(7-9)13(20)12-11(14)10-8-17(2)4-3-5-19(10)16-12/h9,15H,3-8H2,1-2H3. The van der Waals surface area contributed by atoms with Crippen molar-refractivity contribution in [2.24, 2.45) is 0 Å². The van der Waals surface area contributed by atoms with Crippen LogP contribution in [0.15, 0.2) is 0 Å². The highest BCUT2D eigenvalue weighted by Crippen LogP contribution is 2.26. The third-order valence-corrected chi connectivity index (χ3v) is 4.50. The summed E-state index contributed by atoms with van der Waals surface area (Å²) >= 11 is 6.40. The SMILES string of the molecule is CNC1CN(C(=O)c2nn3c(c2Cl)CN(C)CCC3)C1. The monoisotopic (exact) mass is 297 g/mol. The number of nitrogens with one attached hydrogen (secondary N) is 1. The lowest BCUT2D eigenvalue weighted by atomic mass is 10.1. The molecule has 6 nitrogen and oxygen atoms in total. The van der Waals surface area contributed by atoms with E-state index in [1.54, 1.807) is 4.90 Å². The topological polar surface area (TPSA) is 53.4 Å². The summed E-state index contributed by atoms with van der Waals surface area (Å²) in [6, 6.07) is 0.393. The van der Waals surface area contributed by atoms with Gasteiger partial charge < -0.3 is 15.1 Å². The van der Waals surface area contributed by atoms with E-state index < -0.39 is 0 Å². The van der Waals surface area contributed by atoms with Gasteiger partial charge in [-0.1, -0.05) is 11.6 Å². The highest BCUT2D eigenvalue weighted by atomic mass is 35.5. The molecule has 1 aromatic rings. The van der Waals surface area contributed by atoms with Crippen molar-refractivity contribution in [2.45, 2.75) is 25.6 Å². The Bertz CT molecular complexity index is 523. The Balaban J connectivity index is 1.81. The Morgan fingerprint density at radius 1 is 1.40 bits per heavy atom. The van der Waals surface area contributed by atoms with Gasteiger partial charge in [0.1, 0.15) is 0 Å². The number of rotatable bonds is 2. The molecule has 1 N–H and O–H groups in total. The van der Waals surface area contributed by atoms with Gasteiger partial charge in [0, 0.05) is 38.8 Å². The molecule has 3 heterocycles. The number of nitrogens with zero attached hydrogens (tertiary/aromatic N) is 4. The van der Waals surface area contributed by atoms with Gasteiger partial charge in [-0.3, -0.25) is 9.48 Å². The van der Waals surface area contributed by atoms with Crippen molar-refractivity contribution in [1.29, 1.82) is 0 Å². The van der Waals surface area contributed by atoms with Gasteiger partial charge in [0.25, 0.3) is 5.91 Å². The predicted molar refractivity (Wildman–Crippen MR) is 76.9 cm³/mol. The van der Waals surface area contributed by atoms with Gasteiger partial charge in [0.2, 0.25) is 0 Å². The number of aryl methyl sites for hydroxylation is 1. The van der Waals surface area contributed by atoms with Gasteiger partial charge in [-0.25, -0.2) is 0 Å². The Morgan fingerprint density at radius 3 is 2.85 bits per heavy atom. The fourth-order valence-corrected chi connectivity index (χ4v) is 3.03. The van der Waals surface area contributed by atoms with E-state index >= 15 is 0 Å². The molecular formula is C13H20ClN5O. The lowest BCUT2D eigenvalue weighted by molar-refractivity contribution is 0.0570. The molecule has 7 heteroatoms. The lowest BCUT2D eigenvalue weighted by Crippen LogP contribution is -2.59. The van der Waals surface area contributed by atoms with Crippen molar-refractivity contribution in [3.63, 3.8) is 0 Å². The normalized spacial score (nSPS) is 20.4. The Morgan fingerprint density at radius 2 is 2.15 bits per heavy atom. The number of aromatic nitrogens is 2. The summed E-state index contributed by atoms with van der Waals surface area (Å²) in [7, 11) is 3.97. The van der Waals surface area contributed by atoms with E-state index in [9.17, 15) is 4.79 Å². The minimum atomic E-state index is -0.0512. The molecule has 0 saturated carbocycles. The van der Waals surface area contributed by atoms with E-state index in [0.29, 0.717) is 16.8 Å². The first kappa shape index (κ1) is 13.9. The van der Waals surface area contributed by atoms with Gasteiger partial charge in [0.05, 0.1) is 10.7 Å². The van der Waals surface area contributed by atoms with Crippen molar-refractivity contribution in [2.75, 3.05) is 33.7 Å². The first-order valence-electron chi connectivity index (χ1n) is 7.00. The fourth-order valence-electron chi connectivity index (χ4n) is 2.75. The third kappa shape index (κ3) is 2.32. The lowest BCUT2D eigenvalue weighted by Gasteiger charge is -2.38. The molecule has 1 saturated heterocycles. The molecular weight excluding hydrogens is 278 g/mol. The highest BCUT2D eigenvalue weighted by molar-refractivity contribution is 6.34. The molecule has 2 aliphatic rings. The van der Waals surface area contributed by atoms with Crippen molar-refractivity contribution in [3.05, 3.63) is 16.4 Å². The molecule has 20 heavy (non-hydrogen) atoms. The summed E-state index contributed by atoms with van der Waals surface area (Å²) in [6.07, 6.45) is 1.03. The van der Waals surface area contributed by atoms with Crippen LogP contribution in [-0.2, 0) is 13.1 Å². The maximum Gasteiger partial charge on any atom is 0.276 e. The maximum atomic E-state index is 12.4. The minimum Gasteiger partial charge on any atom is -0.334 e. The second-order valence-corrected chi connectivity index (χ2v) is 6.00. The van der Waals surface area contributed by atoms with Crippen LogP contribution in [0.5, 0.6) is 0 Å². The molecule has 2 aliphatic heterocycles. The molecule has 0 atom stereocenters. The van der Waals surface area contributed by atoms with Crippen LogP contribution in [0.3, 0.4) is 0 Å². The number of hydrogen-bond acceptors (Lipinski definition) is 4. The van der Waals surface area contributed by atoms with E-state index in [1.807, 2.05) is 11.7 Å². The first-order chi connectivity index (χ1) is 9.60. The van der Waals surface area contributed by atoms with Crippen LogP contribution in [0.25, 0.3) is 0 Å². The molecule has 110 valence electrons. The van der Waals surface area contributed by atoms with Crippen LogP contribution in [-0.4, -0.2) is 65.3 Å². The van der Waals surface area contributed by atoms with Gasteiger partial charge >= 0.3 is 0 Å². The number of fused-ring (bicyclic) bond motifs is 1. The van der Waals surface area contributed by atoms with Crippen molar-refractivity contribution in [1.82, 2.24) is 24.9 Å². The number of likely N-dealkylation sites (N-methyl/N-ethyl adjacent to an activating group) is 1. The van der Waals surface area contributed by atoms with E-state index in [2.05, 4.69) is 22.4 Å². The highest BCUT2D eigenvalue weighted by Gasteiger charge is 2.34. The molecule has 0 bridgehead atoms. The van der Waals surface area contributed by atoms with Crippen LogP contribution in [0.2, 0.25) is 5.02 Å². The quantitative estimate of drug-likeness (QED) is 0.859. The van der Waals surface area contributed by atoms with E-state index in [-0.39, 0.29) is 5.91 Å². The van der Waals surface area contributed by atoms with Gasteiger partial charge in [-0.15, -0.1) is 0 Å². The number of halogens is 1. The van der Waals surface area contributed by atoms with E-state index in [1.165, 1.54) is 0 Å². The molecule has 3 rings (SSSR count). The van der Waals surface area contributed by atoms with Crippen LogP contribution < -0.4 is 5.32 Å². The summed E-state index contributed by atoms with van der Waals surface area (Å²) in [4.78, 5) is 16.4. The number of carbonyl (C=O) groups excluding carboxylic acids is 1. The molecule has 1 fully saturated rings.